The van der Waals surface area contributed by atoms with Gasteiger partial charge in [0.05, 0.1) is 0 Å². The van der Waals surface area contributed by atoms with E-state index in [4.69, 9.17) is 0 Å². The highest BCUT2D eigenvalue weighted by Crippen LogP contribution is 2.10. The average molecular weight is 151 g/mol. The Kier molecular flexibility index (Phi) is 2.13. The van der Waals surface area contributed by atoms with Crippen LogP contribution in [0.15, 0.2) is 24.3 Å². The lowest BCUT2D eigenvalue weighted by molar-refractivity contribution is -0.127. The van der Waals surface area contributed by atoms with Crippen molar-refractivity contribution in [2.24, 2.45) is 0 Å². The van der Waals surface area contributed by atoms with Gasteiger partial charge in [0.1, 0.15) is 0 Å². The van der Waals surface area contributed by atoms with Gasteiger partial charge in [-0.25, -0.2) is 0 Å². The summed E-state index contributed by atoms with van der Waals surface area (Å²) < 4.78 is 0. The van der Waals surface area contributed by atoms with Crippen LogP contribution in [0.3, 0.4) is 0 Å². The summed E-state index contributed by atoms with van der Waals surface area (Å²) in [6.45, 7) is 8.48. The van der Waals surface area contributed by atoms with Gasteiger partial charge in [0.25, 0.3) is 0 Å². The maximum atomic E-state index is 11.2. The Morgan fingerprint density at radius 3 is 2.64 bits per heavy atom. The molecular weight excluding hydrogens is 138 g/mol. The van der Waals surface area contributed by atoms with E-state index in [2.05, 4.69) is 6.58 Å². The van der Waals surface area contributed by atoms with E-state index in [1.807, 2.05) is 13.8 Å². The third-order valence-corrected chi connectivity index (χ3v) is 1.74. The second-order valence-electron chi connectivity index (χ2n) is 3.05. The molecule has 1 aliphatic heterocycles. The van der Waals surface area contributed by atoms with Crippen molar-refractivity contribution in [3.63, 3.8) is 0 Å². The van der Waals surface area contributed by atoms with Gasteiger partial charge in [-0.1, -0.05) is 12.7 Å². The third kappa shape index (κ3) is 1.70. The van der Waals surface area contributed by atoms with Crippen LogP contribution in [0.5, 0.6) is 0 Å². The number of amides is 1. The normalized spacial score (nSPS) is 18.3. The van der Waals surface area contributed by atoms with Crippen molar-refractivity contribution in [3.05, 3.63) is 24.3 Å². The molecule has 0 spiro atoms. The summed E-state index contributed by atoms with van der Waals surface area (Å²) in [5.41, 5.74) is 0.998. The molecule has 1 rings (SSSR count). The molecule has 1 aliphatic rings. The maximum absolute atomic E-state index is 11.2. The summed E-state index contributed by atoms with van der Waals surface area (Å²) in [5.74, 6) is 0.0902. The van der Waals surface area contributed by atoms with Crippen LogP contribution in [0.1, 0.15) is 13.8 Å². The van der Waals surface area contributed by atoms with Gasteiger partial charge in [0.2, 0.25) is 5.91 Å². The molecule has 11 heavy (non-hydrogen) atoms. The maximum Gasteiger partial charge on any atom is 0.247 e. The number of rotatable bonds is 1. The Balaban J connectivity index is 2.76. The molecule has 0 radical (unpaired) electrons. The molecule has 0 bridgehead atoms. The number of hydrogen-bond acceptors (Lipinski definition) is 1. The van der Waals surface area contributed by atoms with Gasteiger partial charge >= 0.3 is 0 Å². The third-order valence-electron chi connectivity index (χ3n) is 1.74. The van der Waals surface area contributed by atoms with Crippen LogP contribution in [0.25, 0.3) is 0 Å². The Bertz CT molecular complexity index is 216. The number of hydrogen-bond donors (Lipinski definition) is 0. The van der Waals surface area contributed by atoms with Crippen molar-refractivity contribution in [3.8, 4) is 0 Å². The monoisotopic (exact) mass is 151 g/mol. The van der Waals surface area contributed by atoms with Crippen molar-refractivity contribution in [2.45, 2.75) is 19.9 Å². The second-order valence-corrected chi connectivity index (χ2v) is 3.05. The minimum absolute atomic E-state index is 0.0902. The van der Waals surface area contributed by atoms with Crippen molar-refractivity contribution >= 4 is 5.91 Å². The standard InChI is InChI=1S/C9H13NO/c1-7(2)10-6-8(3)4-5-9(10)11/h4-5,7H,3,6H2,1-2H3. The smallest absolute Gasteiger partial charge is 0.247 e. The van der Waals surface area contributed by atoms with Crippen LogP contribution in [-0.4, -0.2) is 23.4 Å². The van der Waals surface area contributed by atoms with Gasteiger partial charge in [-0.2, -0.15) is 0 Å². The van der Waals surface area contributed by atoms with Crippen LogP contribution in [0, 0.1) is 0 Å². The molecule has 0 aliphatic carbocycles. The lowest BCUT2D eigenvalue weighted by atomic mass is 10.1. The van der Waals surface area contributed by atoms with E-state index >= 15 is 0 Å². The van der Waals surface area contributed by atoms with Crippen LogP contribution in [-0.2, 0) is 4.79 Å². The summed E-state index contributed by atoms with van der Waals surface area (Å²) in [6.07, 6.45) is 3.35. The number of carbonyl (C=O) groups excluding carboxylic acids is 1. The Labute approximate surface area is 67.2 Å². The SMILES string of the molecule is C=C1C=CC(=O)N(C(C)C)C1. The Morgan fingerprint density at radius 1 is 1.55 bits per heavy atom. The first-order valence-corrected chi connectivity index (χ1v) is 3.77. The van der Waals surface area contributed by atoms with Crippen LogP contribution in [0.4, 0.5) is 0 Å². The molecule has 2 nitrogen and oxygen atoms in total. The molecule has 60 valence electrons. The van der Waals surface area contributed by atoms with E-state index in [1.165, 1.54) is 0 Å². The van der Waals surface area contributed by atoms with E-state index in [-0.39, 0.29) is 11.9 Å². The van der Waals surface area contributed by atoms with E-state index in [1.54, 1.807) is 17.1 Å². The van der Waals surface area contributed by atoms with Gasteiger partial charge in [-0.3, -0.25) is 4.79 Å². The predicted molar refractivity (Wildman–Crippen MR) is 45.1 cm³/mol. The topological polar surface area (TPSA) is 20.3 Å². The number of nitrogens with zero attached hydrogens (tertiary/aromatic N) is 1. The van der Waals surface area contributed by atoms with Crippen molar-refractivity contribution in [1.29, 1.82) is 0 Å². The van der Waals surface area contributed by atoms with Gasteiger partial charge in [0, 0.05) is 18.7 Å². The second kappa shape index (κ2) is 2.91. The van der Waals surface area contributed by atoms with E-state index in [9.17, 15) is 4.79 Å². The first-order valence-electron chi connectivity index (χ1n) is 3.77. The summed E-state index contributed by atoms with van der Waals surface area (Å²) in [5, 5.41) is 0. The minimum atomic E-state index is 0.0902. The minimum Gasteiger partial charge on any atom is -0.332 e. The van der Waals surface area contributed by atoms with Crippen LogP contribution < -0.4 is 0 Å². The predicted octanol–water partition coefficient (Wildman–Crippen LogP) is 1.35. The quantitative estimate of drug-likeness (QED) is 0.554. The highest BCUT2D eigenvalue weighted by Gasteiger charge is 2.17. The lowest BCUT2D eigenvalue weighted by Gasteiger charge is -2.28. The Hall–Kier alpha value is -1.05. The van der Waals surface area contributed by atoms with Gasteiger partial charge in [-0.15, -0.1) is 0 Å². The summed E-state index contributed by atoms with van der Waals surface area (Å²) >= 11 is 0. The Morgan fingerprint density at radius 2 is 2.18 bits per heavy atom. The molecule has 0 aromatic heterocycles. The van der Waals surface area contributed by atoms with Crippen molar-refractivity contribution in [1.82, 2.24) is 4.90 Å². The fourth-order valence-corrected chi connectivity index (χ4v) is 1.07. The summed E-state index contributed by atoms with van der Waals surface area (Å²) in [6, 6.07) is 0.268. The van der Waals surface area contributed by atoms with E-state index in [0.29, 0.717) is 6.54 Å². The fourth-order valence-electron chi connectivity index (χ4n) is 1.07. The zero-order valence-electron chi connectivity index (χ0n) is 7.00. The molecule has 1 heterocycles. The summed E-state index contributed by atoms with van der Waals surface area (Å²) in [4.78, 5) is 13.0. The largest absolute Gasteiger partial charge is 0.332 e. The number of carbonyl (C=O) groups is 1. The van der Waals surface area contributed by atoms with Crippen LogP contribution >= 0.6 is 0 Å². The molecule has 0 fully saturated rings. The molecule has 0 saturated carbocycles. The van der Waals surface area contributed by atoms with Gasteiger partial charge in [0.15, 0.2) is 0 Å². The van der Waals surface area contributed by atoms with E-state index < -0.39 is 0 Å². The zero-order valence-corrected chi connectivity index (χ0v) is 7.00. The molecule has 2 heteroatoms. The summed E-state index contributed by atoms with van der Waals surface area (Å²) in [7, 11) is 0. The molecule has 0 N–H and O–H groups in total. The molecular formula is C9H13NO. The zero-order chi connectivity index (χ0) is 8.43. The highest BCUT2D eigenvalue weighted by molar-refractivity contribution is 5.89. The molecule has 0 aromatic rings. The molecule has 0 saturated heterocycles. The van der Waals surface area contributed by atoms with Gasteiger partial charge < -0.3 is 4.90 Å². The highest BCUT2D eigenvalue weighted by atomic mass is 16.2. The first-order chi connectivity index (χ1) is 5.11. The molecule has 1 amide bonds. The molecule has 0 aromatic carbocycles. The van der Waals surface area contributed by atoms with Crippen molar-refractivity contribution < 1.29 is 4.79 Å². The average Bonchev–Trinajstić information content (AvgIpc) is 1.94. The molecule has 0 unspecified atom stereocenters. The van der Waals surface area contributed by atoms with E-state index in [0.717, 1.165) is 5.57 Å². The lowest BCUT2D eigenvalue weighted by Crippen LogP contribution is -2.38. The first kappa shape index (κ1) is 8.05. The van der Waals surface area contributed by atoms with Crippen molar-refractivity contribution in [2.75, 3.05) is 6.54 Å². The fraction of sp³-hybridized carbons (Fsp3) is 0.444. The van der Waals surface area contributed by atoms with Crippen LogP contribution in [0.2, 0.25) is 0 Å². The van der Waals surface area contributed by atoms with Gasteiger partial charge in [-0.05, 0) is 19.4 Å². The molecule has 0 atom stereocenters.